The number of hydrogen-bond acceptors (Lipinski definition) is 4. The van der Waals surface area contributed by atoms with Crippen LogP contribution in [0.15, 0.2) is 6.07 Å². The second-order valence-corrected chi connectivity index (χ2v) is 4.96. The molecule has 0 atom stereocenters. The Bertz CT molecular complexity index is 521. The molecular formula is C11H17N5. The molecule has 0 aliphatic rings. The van der Waals surface area contributed by atoms with Gasteiger partial charge in [-0.2, -0.15) is 0 Å². The smallest absolute Gasteiger partial charge is 0.255 e. The van der Waals surface area contributed by atoms with Crippen LogP contribution in [-0.4, -0.2) is 25.1 Å². The topological polar surface area (TPSA) is 69.1 Å². The summed E-state index contributed by atoms with van der Waals surface area (Å²) in [6.07, 6.45) is 0.680. The lowest BCUT2D eigenvalue weighted by molar-refractivity contribution is 0.499. The molecule has 5 heteroatoms. The summed E-state index contributed by atoms with van der Waals surface area (Å²) in [6, 6.07) is 2.02. The van der Waals surface area contributed by atoms with E-state index in [0.717, 1.165) is 17.2 Å². The van der Waals surface area contributed by atoms with Crippen molar-refractivity contribution < 1.29 is 0 Å². The van der Waals surface area contributed by atoms with Crippen LogP contribution in [0.3, 0.4) is 0 Å². The highest BCUT2D eigenvalue weighted by Gasteiger charge is 2.17. The quantitative estimate of drug-likeness (QED) is 0.818. The van der Waals surface area contributed by atoms with Gasteiger partial charge in [0.2, 0.25) is 0 Å². The Kier molecular flexibility index (Phi) is 2.42. The van der Waals surface area contributed by atoms with E-state index in [0.29, 0.717) is 12.2 Å². The van der Waals surface area contributed by atoms with Crippen molar-refractivity contribution in [3.63, 3.8) is 0 Å². The van der Waals surface area contributed by atoms with Crippen LogP contribution >= 0.6 is 0 Å². The fourth-order valence-corrected chi connectivity index (χ4v) is 1.82. The van der Waals surface area contributed by atoms with E-state index in [-0.39, 0.29) is 5.54 Å². The maximum atomic E-state index is 6.00. The fraction of sp³-hybridized carbons (Fsp3) is 0.545. The van der Waals surface area contributed by atoms with Gasteiger partial charge < -0.3 is 5.73 Å². The Morgan fingerprint density at radius 3 is 2.62 bits per heavy atom. The zero-order valence-electron chi connectivity index (χ0n) is 10.2. The van der Waals surface area contributed by atoms with E-state index in [1.807, 2.05) is 38.2 Å². The molecule has 0 saturated carbocycles. The van der Waals surface area contributed by atoms with Crippen molar-refractivity contribution in [1.82, 2.24) is 19.6 Å². The Labute approximate surface area is 94.7 Å². The molecule has 0 aliphatic heterocycles. The molecule has 2 aromatic rings. The van der Waals surface area contributed by atoms with Gasteiger partial charge >= 0.3 is 0 Å². The van der Waals surface area contributed by atoms with E-state index >= 15 is 0 Å². The van der Waals surface area contributed by atoms with Gasteiger partial charge in [0, 0.05) is 23.3 Å². The number of aryl methyl sites for hydroxylation is 2. The van der Waals surface area contributed by atoms with Gasteiger partial charge in [0.05, 0.1) is 0 Å². The van der Waals surface area contributed by atoms with Crippen molar-refractivity contribution in [2.24, 2.45) is 5.73 Å². The van der Waals surface area contributed by atoms with E-state index in [4.69, 9.17) is 5.73 Å². The minimum absolute atomic E-state index is 0.291. The Hall–Kier alpha value is -1.49. The van der Waals surface area contributed by atoms with E-state index in [9.17, 15) is 0 Å². The maximum Gasteiger partial charge on any atom is 0.255 e. The van der Waals surface area contributed by atoms with Crippen LogP contribution in [0.25, 0.3) is 5.78 Å². The van der Waals surface area contributed by atoms with Gasteiger partial charge in [-0.05, 0) is 33.8 Å². The van der Waals surface area contributed by atoms with Gasteiger partial charge in [-0.15, -0.1) is 10.2 Å². The lowest BCUT2D eigenvalue weighted by Gasteiger charge is -2.17. The Morgan fingerprint density at radius 2 is 2.00 bits per heavy atom. The average molecular weight is 219 g/mol. The fourth-order valence-electron chi connectivity index (χ4n) is 1.82. The minimum Gasteiger partial charge on any atom is -0.325 e. The van der Waals surface area contributed by atoms with Crippen molar-refractivity contribution in [3.8, 4) is 0 Å². The van der Waals surface area contributed by atoms with Crippen LogP contribution in [-0.2, 0) is 6.42 Å². The van der Waals surface area contributed by atoms with Crippen LogP contribution < -0.4 is 5.73 Å². The van der Waals surface area contributed by atoms with E-state index in [1.54, 1.807) is 0 Å². The molecule has 0 saturated heterocycles. The molecule has 0 fully saturated rings. The molecule has 0 aromatic carbocycles. The van der Waals surface area contributed by atoms with Crippen molar-refractivity contribution >= 4 is 5.78 Å². The third-order valence-corrected chi connectivity index (χ3v) is 2.37. The van der Waals surface area contributed by atoms with E-state index < -0.39 is 0 Å². The molecule has 16 heavy (non-hydrogen) atoms. The monoisotopic (exact) mass is 219 g/mol. The zero-order chi connectivity index (χ0) is 11.9. The number of nitrogens with zero attached hydrogens (tertiary/aromatic N) is 4. The molecule has 0 spiro atoms. The molecule has 0 bridgehead atoms. The molecule has 0 radical (unpaired) electrons. The highest BCUT2D eigenvalue weighted by atomic mass is 15.3. The summed E-state index contributed by atoms with van der Waals surface area (Å²) in [6.45, 7) is 7.93. The second-order valence-electron chi connectivity index (χ2n) is 4.96. The predicted octanol–water partition coefficient (Wildman–Crippen LogP) is 1.02. The third-order valence-electron chi connectivity index (χ3n) is 2.37. The summed E-state index contributed by atoms with van der Waals surface area (Å²) in [5, 5.41) is 8.22. The summed E-state index contributed by atoms with van der Waals surface area (Å²) in [5.41, 5.74) is 7.75. The normalized spacial score (nSPS) is 12.3. The molecule has 2 heterocycles. The zero-order valence-corrected chi connectivity index (χ0v) is 10.2. The van der Waals surface area contributed by atoms with Crippen molar-refractivity contribution in [1.29, 1.82) is 0 Å². The van der Waals surface area contributed by atoms with Gasteiger partial charge in [0.25, 0.3) is 5.78 Å². The largest absolute Gasteiger partial charge is 0.325 e. The number of aromatic nitrogens is 4. The first-order valence-corrected chi connectivity index (χ1v) is 5.34. The standard InChI is InChI=1S/C11H17N5/c1-7-5-8(2)16-9(6-11(3,4)12)14-15-10(16)13-7/h5H,6,12H2,1-4H3. The van der Waals surface area contributed by atoms with Gasteiger partial charge in [0.1, 0.15) is 5.82 Å². The van der Waals surface area contributed by atoms with Crippen LogP contribution in [0.4, 0.5) is 0 Å². The molecule has 2 rings (SSSR count). The first-order valence-electron chi connectivity index (χ1n) is 5.34. The predicted molar refractivity (Wildman–Crippen MR) is 62.2 cm³/mol. The van der Waals surface area contributed by atoms with Crippen LogP contribution in [0.2, 0.25) is 0 Å². The SMILES string of the molecule is Cc1cc(C)n2c(CC(C)(C)N)nnc2n1. The van der Waals surface area contributed by atoms with E-state index in [1.165, 1.54) is 0 Å². The summed E-state index contributed by atoms with van der Waals surface area (Å²) in [5.74, 6) is 1.52. The summed E-state index contributed by atoms with van der Waals surface area (Å²) in [4.78, 5) is 4.34. The first kappa shape index (κ1) is 11.0. The molecule has 86 valence electrons. The van der Waals surface area contributed by atoms with Crippen molar-refractivity contribution in [2.75, 3.05) is 0 Å². The van der Waals surface area contributed by atoms with Gasteiger partial charge in [-0.3, -0.25) is 4.40 Å². The molecule has 0 amide bonds. The van der Waals surface area contributed by atoms with Crippen LogP contribution in [0, 0.1) is 13.8 Å². The molecule has 2 N–H and O–H groups in total. The first-order chi connectivity index (χ1) is 7.37. The second kappa shape index (κ2) is 3.52. The Balaban J connectivity index is 2.56. The van der Waals surface area contributed by atoms with Gasteiger partial charge in [0.15, 0.2) is 0 Å². The van der Waals surface area contributed by atoms with E-state index in [2.05, 4.69) is 15.2 Å². The highest BCUT2D eigenvalue weighted by molar-refractivity contribution is 5.32. The van der Waals surface area contributed by atoms with Gasteiger partial charge in [-0.1, -0.05) is 0 Å². The molecule has 2 aromatic heterocycles. The van der Waals surface area contributed by atoms with Crippen LogP contribution in [0.5, 0.6) is 0 Å². The number of rotatable bonds is 2. The average Bonchev–Trinajstić information content (AvgIpc) is 2.44. The van der Waals surface area contributed by atoms with Crippen molar-refractivity contribution in [2.45, 2.75) is 39.7 Å². The maximum absolute atomic E-state index is 6.00. The summed E-state index contributed by atoms with van der Waals surface area (Å²) < 4.78 is 1.96. The molecule has 5 nitrogen and oxygen atoms in total. The third kappa shape index (κ3) is 2.04. The lowest BCUT2D eigenvalue weighted by Crippen LogP contribution is -2.35. The number of hydrogen-bond donors (Lipinski definition) is 1. The summed E-state index contributed by atoms with van der Waals surface area (Å²) >= 11 is 0. The van der Waals surface area contributed by atoms with Crippen molar-refractivity contribution in [3.05, 3.63) is 23.3 Å². The molecular weight excluding hydrogens is 202 g/mol. The Morgan fingerprint density at radius 1 is 1.31 bits per heavy atom. The minimum atomic E-state index is -0.291. The molecule has 0 aliphatic carbocycles. The summed E-state index contributed by atoms with van der Waals surface area (Å²) in [7, 11) is 0. The highest BCUT2D eigenvalue weighted by Crippen LogP contribution is 2.12. The van der Waals surface area contributed by atoms with Gasteiger partial charge in [-0.25, -0.2) is 4.98 Å². The molecule has 0 unspecified atom stereocenters. The number of nitrogens with two attached hydrogens (primary N) is 1. The lowest BCUT2D eigenvalue weighted by atomic mass is 10.0. The van der Waals surface area contributed by atoms with Crippen LogP contribution in [0.1, 0.15) is 31.1 Å². The number of fused-ring (bicyclic) bond motifs is 1.